The molecule has 19 heavy (non-hydrogen) atoms. The van der Waals surface area contributed by atoms with Gasteiger partial charge in [0, 0.05) is 17.3 Å². The van der Waals surface area contributed by atoms with Crippen LogP contribution in [0, 0.1) is 5.82 Å². The quantitative estimate of drug-likeness (QED) is 0.685. The standard InChI is InChI=1S/C15H12FN3/c16-11-5-1-2-7-14(11)19-13-8-9-18-15-10(13)4-3-6-12(15)17/h1-9H,17H2,(H,18,19). The van der Waals surface area contributed by atoms with Crippen molar-refractivity contribution in [1.29, 1.82) is 0 Å². The van der Waals surface area contributed by atoms with Crippen LogP contribution in [0.2, 0.25) is 0 Å². The van der Waals surface area contributed by atoms with E-state index in [1.165, 1.54) is 6.07 Å². The van der Waals surface area contributed by atoms with Crippen LogP contribution >= 0.6 is 0 Å². The van der Waals surface area contributed by atoms with E-state index in [1.54, 1.807) is 36.5 Å². The molecular formula is C15H12FN3. The van der Waals surface area contributed by atoms with Crippen molar-refractivity contribution in [1.82, 2.24) is 4.98 Å². The maximum absolute atomic E-state index is 13.7. The number of para-hydroxylation sites is 2. The van der Waals surface area contributed by atoms with Crippen LogP contribution < -0.4 is 11.1 Å². The highest BCUT2D eigenvalue weighted by atomic mass is 19.1. The van der Waals surface area contributed by atoms with Gasteiger partial charge in [-0.05, 0) is 24.3 Å². The molecule has 0 fully saturated rings. The van der Waals surface area contributed by atoms with Gasteiger partial charge in [-0.3, -0.25) is 4.98 Å². The van der Waals surface area contributed by atoms with Crippen LogP contribution in [0.3, 0.4) is 0 Å². The van der Waals surface area contributed by atoms with Crippen LogP contribution in [0.25, 0.3) is 10.9 Å². The normalized spacial score (nSPS) is 10.6. The predicted molar refractivity (Wildman–Crippen MR) is 75.8 cm³/mol. The van der Waals surface area contributed by atoms with E-state index in [9.17, 15) is 4.39 Å². The summed E-state index contributed by atoms with van der Waals surface area (Å²) >= 11 is 0. The molecule has 0 aliphatic heterocycles. The van der Waals surface area contributed by atoms with Crippen molar-refractivity contribution < 1.29 is 4.39 Å². The molecule has 0 radical (unpaired) electrons. The molecular weight excluding hydrogens is 241 g/mol. The molecule has 2 aromatic carbocycles. The molecule has 0 aliphatic rings. The number of hydrogen-bond acceptors (Lipinski definition) is 3. The number of nitrogen functional groups attached to an aromatic ring is 1. The van der Waals surface area contributed by atoms with E-state index in [4.69, 9.17) is 5.73 Å². The van der Waals surface area contributed by atoms with Crippen LogP contribution in [0.5, 0.6) is 0 Å². The maximum Gasteiger partial charge on any atom is 0.146 e. The van der Waals surface area contributed by atoms with Gasteiger partial charge in [-0.1, -0.05) is 24.3 Å². The van der Waals surface area contributed by atoms with Crippen molar-refractivity contribution in [3.63, 3.8) is 0 Å². The molecule has 1 heterocycles. The van der Waals surface area contributed by atoms with Crippen LogP contribution in [0.4, 0.5) is 21.5 Å². The number of nitrogens with two attached hydrogens (primary N) is 1. The first kappa shape index (κ1) is 11.5. The summed E-state index contributed by atoms with van der Waals surface area (Å²) in [5.41, 5.74) is 8.41. The minimum absolute atomic E-state index is 0.295. The third kappa shape index (κ3) is 2.08. The summed E-state index contributed by atoms with van der Waals surface area (Å²) in [4.78, 5) is 4.25. The Labute approximate surface area is 109 Å². The van der Waals surface area contributed by atoms with Gasteiger partial charge in [0.25, 0.3) is 0 Å². The number of anilines is 3. The minimum atomic E-state index is -0.295. The molecule has 1 aromatic heterocycles. The molecule has 94 valence electrons. The molecule has 0 atom stereocenters. The van der Waals surface area contributed by atoms with E-state index in [2.05, 4.69) is 10.3 Å². The lowest BCUT2D eigenvalue weighted by Crippen LogP contribution is -1.96. The number of halogens is 1. The maximum atomic E-state index is 13.7. The number of pyridine rings is 1. The molecule has 0 amide bonds. The fraction of sp³-hybridized carbons (Fsp3) is 0. The number of fused-ring (bicyclic) bond motifs is 1. The third-order valence-corrected chi connectivity index (χ3v) is 2.95. The summed E-state index contributed by atoms with van der Waals surface area (Å²) in [5.74, 6) is -0.295. The second kappa shape index (κ2) is 4.57. The molecule has 0 saturated heterocycles. The number of benzene rings is 2. The van der Waals surface area contributed by atoms with E-state index in [-0.39, 0.29) is 5.82 Å². The van der Waals surface area contributed by atoms with Crippen LogP contribution in [-0.4, -0.2) is 4.98 Å². The minimum Gasteiger partial charge on any atom is -0.397 e. The van der Waals surface area contributed by atoms with Crippen LogP contribution in [0.15, 0.2) is 54.7 Å². The van der Waals surface area contributed by atoms with Gasteiger partial charge in [-0.15, -0.1) is 0 Å². The van der Waals surface area contributed by atoms with Crippen LogP contribution in [-0.2, 0) is 0 Å². The molecule has 3 rings (SSSR count). The zero-order valence-electron chi connectivity index (χ0n) is 10.1. The average Bonchev–Trinajstić information content (AvgIpc) is 2.42. The smallest absolute Gasteiger partial charge is 0.146 e. The van der Waals surface area contributed by atoms with Gasteiger partial charge in [0.2, 0.25) is 0 Å². The summed E-state index contributed by atoms with van der Waals surface area (Å²) in [6, 6.07) is 13.9. The first-order valence-electron chi connectivity index (χ1n) is 5.90. The van der Waals surface area contributed by atoms with E-state index in [0.29, 0.717) is 16.9 Å². The zero-order chi connectivity index (χ0) is 13.2. The van der Waals surface area contributed by atoms with Crippen molar-refractivity contribution in [2.24, 2.45) is 0 Å². The Morgan fingerprint density at radius 1 is 0.947 bits per heavy atom. The number of nitrogens with zero attached hydrogens (tertiary/aromatic N) is 1. The lowest BCUT2D eigenvalue weighted by Gasteiger charge is -2.10. The number of hydrogen-bond donors (Lipinski definition) is 2. The average molecular weight is 253 g/mol. The summed E-state index contributed by atoms with van der Waals surface area (Å²) < 4.78 is 13.7. The molecule has 0 aliphatic carbocycles. The summed E-state index contributed by atoms with van der Waals surface area (Å²) in [6.07, 6.45) is 1.65. The van der Waals surface area contributed by atoms with Gasteiger partial charge in [-0.2, -0.15) is 0 Å². The van der Waals surface area contributed by atoms with Crippen molar-refractivity contribution >= 4 is 28.0 Å². The van der Waals surface area contributed by atoms with Crippen molar-refractivity contribution in [2.75, 3.05) is 11.1 Å². The first-order chi connectivity index (χ1) is 9.25. The molecule has 3 N–H and O–H groups in total. The molecule has 3 nitrogen and oxygen atoms in total. The van der Waals surface area contributed by atoms with Crippen molar-refractivity contribution in [2.45, 2.75) is 0 Å². The first-order valence-corrected chi connectivity index (χ1v) is 5.90. The highest BCUT2D eigenvalue weighted by Crippen LogP contribution is 2.28. The largest absolute Gasteiger partial charge is 0.397 e. The Bertz CT molecular complexity index is 740. The Hall–Kier alpha value is -2.62. The van der Waals surface area contributed by atoms with E-state index in [0.717, 1.165) is 11.1 Å². The van der Waals surface area contributed by atoms with Crippen molar-refractivity contribution in [3.8, 4) is 0 Å². The molecule has 4 heteroatoms. The molecule has 0 bridgehead atoms. The van der Waals surface area contributed by atoms with Gasteiger partial charge >= 0.3 is 0 Å². The predicted octanol–water partition coefficient (Wildman–Crippen LogP) is 3.70. The number of aromatic nitrogens is 1. The van der Waals surface area contributed by atoms with Gasteiger partial charge in [0.1, 0.15) is 5.82 Å². The van der Waals surface area contributed by atoms with Crippen LogP contribution in [0.1, 0.15) is 0 Å². The van der Waals surface area contributed by atoms with Gasteiger partial charge in [0.15, 0.2) is 0 Å². The third-order valence-electron chi connectivity index (χ3n) is 2.95. The zero-order valence-corrected chi connectivity index (χ0v) is 10.1. The fourth-order valence-corrected chi connectivity index (χ4v) is 2.02. The monoisotopic (exact) mass is 253 g/mol. The lowest BCUT2D eigenvalue weighted by atomic mass is 10.1. The Balaban J connectivity index is 2.12. The molecule has 0 spiro atoms. The van der Waals surface area contributed by atoms with Gasteiger partial charge in [-0.25, -0.2) is 4.39 Å². The Kier molecular flexibility index (Phi) is 2.76. The molecule has 3 aromatic rings. The summed E-state index contributed by atoms with van der Waals surface area (Å²) in [5, 5.41) is 3.94. The Morgan fingerprint density at radius 2 is 1.79 bits per heavy atom. The molecule has 0 unspecified atom stereocenters. The SMILES string of the molecule is Nc1cccc2c(Nc3ccccc3F)ccnc12. The van der Waals surface area contributed by atoms with E-state index >= 15 is 0 Å². The fourth-order valence-electron chi connectivity index (χ4n) is 2.02. The van der Waals surface area contributed by atoms with E-state index in [1.807, 2.05) is 12.1 Å². The van der Waals surface area contributed by atoms with Crippen molar-refractivity contribution in [3.05, 3.63) is 60.5 Å². The highest BCUT2D eigenvalue weighted by molar-refractivity contribution is 5.98. The second-order valence-corrected chi connectivity index (χ2v) is 4.21. The lowest BCUT2D eigenvalue weighted by molar-refractivity contribution is 0.632. The number of rotatable bonds is 2. The summed E-state index contributed by atoms with van der Waals surface area (Å²) in [7, 11) is 0. The van der Waals surface area contributed by atoms with E-state index < -0.39 is 0 Å². The summed E-state index contributed by atoms with van der Waals surface area (Å²) in [6.45, 7) is 0. The molecule has 0 saturated carbocycles. The topological polar surface area (TPSA) is 50.9 Å². The Morgan fingerprint density at radius 3 is 2.63 bits per heavy atom. The van der Waals surface area contributed by atoms with Gasteiger partial charge in [0.05, 0.1) is 16.9 Å². The number of nitrogens with one attached hydrogen (secondary N) is 1. The second-order valence-electron chi connectivity index (χ2n) is 4.21. The highest BCUT2D eigenvalue weighted by Gasteiger charge is 2.06. The van der Waals surface area contributed by atoms with Gasteiger partial charge < -0.3 is 11.1 Å².